The van der Waals surface area contributed by atoms with Gasteiger partial charge in [-0.15, -0.1) is 0 Å². The van der Waals surface area contributed by atoms with E-state index in [9.17, 15) is 0 Å². The summed E-state index contributed by atoms with van der Waals surface area (Å²) in [5.41, 5.74) is 3.90. The van der Waals surface area contributed by atoms with Gasteiger partial charge in [-0.2, -0.15) is 0 Å². The van der Waals surface area contributed by atoms with Gasteiger partial charge in [0.15, 0.2) is 0 Å². The first-order chi connectivity index (χ1) is 10.3. The minimum Gasteiger partial charge on any atom is -0.489 e. The highest BCUT2D eigenvalue weighted by atomic mass is 16.5. The van der Waals surface area contributed by atoms with E-state index in [1.807, 2.05) is 0 Å². The van der Waals surface area contributed by atoms with Crippen molar-refractivity contribution in [2.75, 3.05) is 11.9 Å². The van der Waals surface area contributed by atoms with E-state index in [-0.39, 0.29) is 11.5 Å². The molecular formula is C20H27NO. The van der Waals surface area contributed by atoms with Crippen LogP contribution in [-0.2, 0) is 5.41 Å². The molecule has 22 heavy (non-hydrogen) atoms. The molecule has 0 aliphatic heterocycles. The second kappa shape index (κ2) is 6.87. The minimum atomic E-state index is 0.113. The zero-order valence-corrected chi connectivity index (χ0v) is 14.3. The van der Waals surface area contributed by atoms with Gasteiger partial charge in [0.25, 0.3) is 0 Å². The summed E-state index contributed by atoms with van der Waals surface area (Å²) < 4.78 is 5.96. The van der Waals surface area contributed by atoms with E-state index < -0.39 is 0 Å². The summed E-state index contributed by atoms with van der Waals surface area (Å²) in [6.45, 7) is 11.6. The number of anilines is 1. The average Bonchev–Trinajstić information content (AvgIpc) is 2.46. The molecule has 0 spiro atoms. The Morgan fingerprint density at radius 2 is 1.55 bits per heavy atom. The molecule has 2 nitrogen and oxygen atoms in total. The smallest absolute Gasteiger partial charge is 0.119 e. The van der Waals surface area contributed by atoms with Gasteiger partial charge in [-0.1, -0.05) is 50.6 Å². The Morgan fingerprint density at radius 1 is 0.955 bits per heavy atom. The van der Waals surface area contributed by atoms with Gasteiger partial charge in [0.1, 0.15) is 11.9 Å². The largest absolute Gasteiger partial charge is 0.489 e. The van der Waals surface area contributed by atoms with Gasteiger partial charge in [0.2, 0.25) is 0 Å². The molecule has 0 amide bonds. The number of rotatable bonds is 5. The van der Waals surface area contributed by atoms with Crippen LogP contribution in [0.3, 0.4) is 0 Å². The lowest BCUT2D eigenvalue weighted by atomic mass is 9.87. The van der Waals surface area contributed by atoms with Crippen LogP contribution in [0.2, 0.25) is 0 Å². The van der Waals surface area contributed by atoms with Gasteiger partial charge in [-0.05, 0) is 49.1 Å². The summed E-state index contributed by atoms with van der Waals surface area (Å²) in [5.74, 6) is 0.922. The molecule has 0 bridgehead atoms. The Hall–Kier alpha value is -1.96. The zero-order valence-electron chi connectivity index (χ0n) is 14.3. The average molecular weight is 297 g/mol. The number of hydrogen-bond acceptors (Lipinski definition) is 2. The van der Waals surface area contributed by atoms with Crippen molar-refractivity contribution in [3.8, 4) is 5.75 Å². The second-order valence-corrected chi connectivity index (χ2v) is 6.95. The van der Waals surface area contributed by atoms with Crippen molar-refractivity contribution in [2.45, 2.75) is 46.1 Å². The van der Waals surface area contributed by atoms with Crippen LogP contribution in [0.5, 0.6) is 5.75 Å². The van der Waals surface area contributed by atoms with Crippen LogP contribution in [0.1, 0.15) is 38.8 Å². The van der Waals surface area contributed by atoms with Gasteiger partial charge < -0.3 is 10.1 Å². The molecule has 1 N–H and O–H groups in total. The number of aryl methyl sites for hydroxylation is 1. The van der Waals surface area contributed by atoms with Crippen molar-refractivity contribution in [3.63, 3.8) is 0 Å². The predicted octanol–water partition coefficient (Wildman–Crippen LogP) is 5.17. The van der Waals surface area contributed by atoms with Crippen molar-refractivity contribution >= 4 is 5.69 Å². The molecule has 1 atom stereocenters. The highest BCUT2D eigenvalue weighted by Gasteiger charge is 2.13. The molecule has 0 fully saturated rings. The van der Waals surface area contributed by atoms with Crippen LogP contribution in [-0.4, -0.2) is 12.6 Å². The lowest BCUT2D eigenvalue weighted by Crippen LogP contribution is -2.22. The Morgan fingerprint density at radius 3 is 2.09 bits per heavy atom. The highest BCUT2D eigenvalue weighted by Crippen LogP contribution is 2.24. The van der Waals surface area contributed by atoms with E-state index in [4.69, 9.17) is 4.74 Å². The summed E-state index contributed by atoms with van der Waals surface area (Å²) in [7, 11) is 0. The van der Waals surface area contributed by atoms with Gasteiger partial charge in [0.05, 0.1) is 6.54 Å². The van der Waals surface area contributed by atoms with Gasteiger partial charge in [-0.3, -0.25) is 0 Å². The number of hydrogen-bond donors (Lipinski definition) is 1. The van der Waals surface area contributed by atoms with Crippen LogP contribution >= 0.6 is 0 Å². The van der Waals surface area contributed by atoms with Crippen molar-refractivity contribution in [3.05, 3.63) is 59.7 Å². The zero-order chi connectivity index (χ0) is 16.2. The topological polar surface area (TPSA) is 21.3 Å². The minimum absolute atomic E-state index is 0.113. The molecule has 0 saturated carbocycles. The van der Waals surface area contributed by atoms with E-state index in [0.717, 1.165) is 18.0 Å². The SMILES string of the molecule is Cc1ccc(NCC(C)Oc2ccc(C(C)(C)C)cc2)cc1. The van der Waals surface area contributed by atoms with Crippen molar-refractivity contribution < 1.29 is 4.74 Å². The standard InChI is InChI=1S/C20H27NO/c1-15-6-10-18(11-7-15)21-14-16(2)22-19-12-8-17(9-13-19)20(3,4)5/h6-13,16,21H,14H2,1-5H3. The molecule has 118 valence electrons. The Balaban J connectivity index is 1.86. The fourth-order valence-electron chi connectivity index (χ4n) is 2.24. The second-order valence-electron chi connectivity index (χ2n) is 6.95. The quantitative estimate of drug-likeness (QED) is 0.822. The molecule has 1 unspecified atom stereocenters. The number of ether oxygens (including phenoxy) is 1. The molecular weight excluding hydrogens is 270 g/mol. The molecule has 0 aliphatic rings. The fourth-order valence-corrected chi connectivity index (χ4v) is 2.24. The first kappa shape index (κ1) is 16.4. The normalized spacial score (nSPS) is 12.8. The third-order valence-corrected chi connectivity index (χ3v) is 3.70. The van der Waals surface area contributed by atoms with E-state index in [1.54, 1.807) is 0 Å². The fraction of sp³-hybridized carbons (Fsp3) is 0.400. The van der Waals surface area contributed by atoms with E-state index in [0.29, 0.717) is 0 Å². The molecule has 2 heteroatoms. The van der Waals surface area contributed by atoms with Crippen molar-refractivity contribution in [2.24, 2.45) is 0 Å². The molecule has 2 aromatic rings. The predicted molar refractivity (Wildman–Crippen MR) is 94.9 cm³/mol. The Bertz CT molecular complexity index is 579. The first-order valence-electron chi connectivity index (χ1n) is 7.92. The summed E-state index contributed by atoms with van der Waals surface area (Å²) in [6.07, 6.45) is 0.113. The maximum Gasteiger partial charge on any atom is 0.119 e. The highest BCUT2D eigenvalue weighted by molar-refractivity contribution is 5.44. The van der Waals surface area contributed by atoms with E-state index >= 15 is 0 Å². The third kappa shape index (κ3) is 4.80. The van der Waals surface area contributed by atoms with Crippen LogP contribution in [0.4, 0.5) is 5.69 Å². The van der Waals surface area contributed by atoms with Crippen LogP contribution < -0.4 is 10.1 Å². The molecule has 2 rings (SSSR count). The van der Waals surface area contributed by atoms with Crippen molar-refractivity contribution in [1.82, 2.24) is 0 Å². The van der Waals surface area contributed by atoms with Crippen molar-refractivity contribution in [1.29, 1.82) is 0 Å². The summed E-state index contributed by atoms with van der Waals surface area (Å²) in [6, 6.07) is 16.8. The number of benzene rings is 2. The lowest BCUT2D eigenvalue weighted by Gasteiger charge is -2.20. The lowest BCUT2D eigenvalue weighted by molar-refractivity contribution is 0.234. The number of nitrogens with one attached hydrogen (secondary N) is 1. The molecule has 0 radical (unpaired) electrons. The Kier molecular flexibility index (Phi) is 5.12. The van der Waals surface area contributed by atoms with Crippen LogP contribution in [0.15, 0.2) is 48.5 Å². The molecule has 2 aromatic carbocycles. The van der Waals surface area contributed by atoms with Gasteiger partial charge in [-0.25, -0.2) is 0 Å². The molecule has 0 aromatic heterocycles. The summed E-state index contributed by atoms with van der Waals surface area (Å²) in [5, 5.41) is 3.40. The molecule has 0 saturated heterocycles. The molecule has 0 heterocycles. The molecule has 0 aliphatic carbocycles. The van der Waals surface area contributed by atoms with E-state index in [1.165, 1.54) is 11.1 Å². The third-order valence-electron chi connectivity index (χ3n) is 3.70. The monoisotopic (exact) mass is 297 g/mol. The van der Waals surface area contributed by atoms with E-state index in [2.05, 4.69) is 88.5 Å². The van der Waals surface area contributed by atoms with Gasteiger partial charge >= 0.3 is 0 Å². The maximum absolute atomic E-state index is 5.96. The maximum atomic E-state index is 5.96. The Labute approximate surface area is 134 Å². The first-order valence-corrected chi connectivity index (χ1v) is 7.92. The summed E-state index contributed by atoms with van der Waals surface area (Å²) in [4.78, 5) is 0. The van der Waals surface area contributed by atoms with Gasteiger partial charge in [0, 0.05) is 5.69 Å². The van der Waals surface area contributed by atoms with Crippen LogP contribution in [0.25, 0.3) is 0 Å². The summed E-state index contributed by atoms with van der Waals surface area (Å²) >= 11 is 0. The van der Waals surface area contributed by atoms with Crippen LogP contribution in [0, 0.1) is 6.92 Å².